The van der Waals surface area contributed by atoms with Crippen LogP contribution in [0.1, 0.15) is 13.8 Å². The van der Waals surface area contributed by atoms with Crippen molar-refractivity contribution in [1.29, 1.82) is 0 Å². The van der Waals surface area contributed by atoms with Gasteiger partial charge in [0.05, 0.1) is 0 Å². The number of hydrogen-bond acceptors (Lipinski definition) is 7. The normalized spacial score (nSPS) is 11.9. The first-order chi connectivity index (χ1) is 13.7. The van der Waals surface area contributed by atoms with Crippen molar-refractivity contribution in [3.8, 4) is 11.5 Å². The number of benzene rings is 2. The lowest BCUT2D eigenvalue weighted by atomic mass is 10.2. The Bertz CT molecular complexity index is 942. The fourth-order valence-corrected chi connectivity index (χ4v) is 3.08. The van der Waals surface area contributed by atoms with Gasteiger partial charge in [-0.2, -0.15) is 4.98 Å². The van der Waals surface area contributed by atoms with Crippen molar-refractivity contribution in [1.82, 2.24) is 9.97 Å². The number of ether oxygens (including phenoxy) is 2. The minimum absolute atomic E-state index is 0.257. The summed E-state index contributed by atoms with van der Waals surface area (Å²) in [5.74, 6) is 2.70. The third-order valence-corrected chi connectivity index (χ3v) is 4.55. The second-order valence-electron chi connectivity index (χ2n) is 6.30. The monoisotopic (exact) mass is 377 g/mol. The molecule has 0 amide bonds. The maximum Gasteiger partial charge on any atom is 0.231 e. The number of nitrogens with zero attached hydrogens (tertiary/aromatic N) is 3. The van der Waals surface area contributed by atoms with Crippen molar-refractivity contribution in [2.45, 2.75) is 13.8 Å². The minimum Gasteiger partial charge on any atom is -0.454 e. The second kappa shape index (κ2) is 8.04. The van der Waals surface area contributed by atoms with Crippen molar-refractivity contribution >= 4 is 28.8 Å². The molecule has 28 heavy (non-hydrogen) atoms. The van der Waals surface area contributed by atoms with Crippen molar-refractivity contribution in [2.24, 2.45) is 0 Å². The Kier molecular flexibility index (Phi) is 5.14. The maximum absolute atomic E-state index is 5.41. The zero-order chi connectivity index (χ0) is 19.3. The molecule has 0 saturated carbocycles. The van der Waals surface area contributed by atoms with Crippen LogP contribution in [0.4, 0.5) is 28.8 Å². The number of fused-ring (bicyclic) bond motifs is 1. The van der Waals surface area contributed by atoms with Crippen LogP contribution in [0.2, 0.25) is 0 Å². The number of aromatic nitrogens is 2. The van der Waals surface area contributed by atoms with Crippen LogP contribution in [-0.2, 0) is 0 Å². The summed E-state index contributed by atoms with van der Waals surface area (Å²) in [6.45, 7) is 6.54. The third-order valence-electron chi connectivity index (χ3n) is 4.55. The highest BCUT2D eigenvalue weighted by Gasteiger charge is 2.13. The van der Waals surface area contributed by atoms with Crippen LogP contribution in [0.5, 0.6) is 11.5 Å². The molecule has 144 valence electrons. The molecule has 0 bridgehead atoms. The van der Waals surface area contributed by atoms with E-state index in [4.69, 9.17) is 9.47 Å². The number of anilines is 5. The second-order valence-corrected chi connectivity index (χ2v) is 6.30. The largest absolute Gasteiger partial charge is 0.454 e. The first-order valence-corrected chi connectivity index (χ1v) is 9.37. The maximum atomic E-state index is 5.41. The molecule has 1 aromatic heterocycles. The summed E-state index contributed by atoms with van der Waals surface area (Å²) in [7, 11) is 0. The lowest BCUT2D eigenvalue weighted by molar-refractivity contribution is 0.174. The Morgan fingerprint density at radius 2 is 1.64 bits per heavy atom. The molecule has 0 unspecified atom stereocenters. The van der Waals surface area contributed by atoms with Gasteiger partial charge in [-0.25, -0.2) is 4.98 Å². The van der Waals surface area contributed by atoms with Gasteiger partial charge < -0.3 is 25.0 Å². The van der Waals surface area contributed by atoms with Gasteiger partial charge in [-0.1, -0.05) is 0 Å². The standard InChI is InChI=1S/C21H23N5O2/c1-3-26(4-2)17-8-5-15(6-9-17)24-21-22-12-11-20(25-21)23-16-7-10-18-19(13-16)28-14-27-18/h5-13H,3-4,14H2,1-2H3,(H2,22,23,24,25). The molecule has 1 aliphatic rings. The predicted molar refractivity (Wildman–Crippen MR) is 111 cm³/mol. The van der Waals surface area contributed by atoms with E-state index in [-0.39, 0.29) is 6.79 Å². The Balaban J connectivity index is 1.45. The van der Waals surface area contributed by atoms with Gasteiger partial charge in [0, 0.05) is 42.4 Å². The molecule has 1 aliphatic heterocycles. The van der Waals surface area contributed by atoms with Crippen molar-refractivity contribution < 1.29 is 9.47 Å². The molecule has 2 heterocycles. The Morgan fingerprint density at radius 1 is 0.893 bits per heavy atom. The lowest BCUT2D eigenvalue weighted by Gasteiger charge is -2.21. The quantitative estimate of drug-likeness (QED) is 0.626. The van der Waals surface area contributed by atoms with Crippen LogP contribution in [0, 0.1) is 0 Å². The number of hydrogen-bond donors (Lipinski definition) is 2. The van der Waals surface area contributed by atoms with E-state index in [1.807, 2.05) is 36.4 Å². The average molecular weight is 377 g/mol. The smallest absolute Gasteiger partial charge is 0.231 e. The van der Waals surface area contributed by atoms with E-state index in [1.165, 1.54) is 5.69 Å². The molecule has 0 saturated heterocycles. The minimum atomic E-state index is 0.257. The zero-order valence-electron chi connectivity index (χ0n) is 16.0. The van der Waals surface area contributed by atoms with E-state index in [0.717, 1.165) is 36.0 Å². The Labute approximate surface area is 164 Å². The first-order valence-electron chi connectivity index (χ1n) is 9.37. The number of rotatable bonds is 7. The molecule has 0 radical (unpaired) electrons. The molecule has 3 aromatic rings. The van der Waals surface area contributed by atoms with Gasteiger partial charge in [0.2, 0.25) is 12.7 Å². The number of nitrogens with one attached hydrogen (secondary N) is 2. The molecule has 0 spiro atoms. The molecular formula is C21H23N5O2. The summed E-state index contributed by atoms with van der Waals surface area (Å²) in [5.41, 5.74) is 3.02. The summed E-state index contributed by atoms with van der Waals surface area (Å²) >= 11 is 0. The summed E-state index contributed by atoms with van der Waals surface area (Å²) < 4.78 is 10.7. The van der Waals surface area contributed by atoms with E-state index in [2.05, 4.69) is 51.5 Å². The summed E-state index contributed by atoms with van der Waals surface area (Å²) in [6.07, 6.45) is 1.72. The first kappa shape index (κ1) is 17.9. The lowest BCUT2D eigenvalue weighted by Crippen LogP contribution is -2.21. The van der Waals surface area contributed by atoms with Gasteiger partial charge in [-0.05, 0) is 56.3 Å². The van der Waals surface area contributed by atoms with Crippen LogP contribution in [0.25, 0.3) is 0 Å². The van der Waals surface area contributed by atoms with Crippen molar-refractivity contribution in [3.05, 3.63) is 54.7 Å². The van der Waals surface area contributed by atoms with Crippen molar-refractivity contribution in [2.75, 3.05) is 35.4 Å². The highest BCUT2D eigenvalue weighted by atomic mass is 16.7. The van der Waals surface area contributed by atoms with E-state index in [9.17, 15) is 0 Å². The fraction of sp³-hybridized carbons (Fsp3) is 0.238. The molecule has 0 fully saturated rings. The molecule has 7 nitrogen and oxygen atoms in total. The van der Waals surface area contributed by atoms with E-state index in [1.54, 1.807) is 6.20 Å². The van der Waals surface area contributed by atoms with Gasteiger partial charge >= 0.3 is 0 Å². The topological polar surface area (TPSA) is 71.5 Å². The third kappa shape index (κ3) is 3.93. The molecule has 0 atom stereocenters. The van der Waals surface area contributed by atoms with E-state index in [0.29, 0.717) is 11.8 Å². The van der Waals surface area contributed by atoms with Gasteiger partial charge in [0.25, 0.3) is 0 Å². The summed E-state index contributed by atoms with van der Waals surface area (Å²) in [6, 6.07) is 15.8. The van der Waals surface area contributed by atoms with E-state index < -0.39 is 0 Å². The van der Waals surface area contributed by atoms with Crippen molar-refractivity contribution in [3.63, 3.8) is 0 Å². The zero-order valence-corrected chi connectivity index (χ0v) is 16.0. The van der Waals surface area contributed by atoms with Crippen LogP contribution in [-0.4, -0.2) is 29.9 Å². The molecule has 7 heteroatoms. The summed E-state index contributed by atoms with van der Waals surface area (Å²) in [5, 5.41) is 6.51. The summed E-state index contributed by atoms with van der Waals surface area (Å²) in [4.78, 5) is 11.1. The Morgan fingerprint density at radius 3 is 2.43 bits per heavy atom. The molecule has 2 aromatic carbocycles. The van der Waals surface area contributed by atoms with Crippen LogP contribution < -0.4 is 25.0 Å². The molecule has 2 N–H and O–H groups in total. The van der Waals surface area contributed by atoms with Gasteiger partial charge in [0.15, 0.2) is 11.5 Å². The van der Waals surface area contributed by atoms with Gasteiger partial charge in [0.1, 0.15) is 5.82 Å². The van der Waals surface area contributed by atoms with E-state index >= 15 is 0 Å². The molecule has 0 aliphatic carbocycles. The highest BCUT2D eigenvalue weighted by Crippen LogP contribution is 2.35. The molecular weight excluding hydrogens is 354 g/mol. The van der Waals surface area contributed by atoms with Gasteiger partial charge in [-0.15, -0.1) is 0 Å². The average Bonchev–Trinajstić information content (AvgIpc) is 3.18. The van der Waals surface area contributed by atoms with Crippen LogP contribution >= 0.6 is 0 Å². The van der Waals surface area contributed by atoms with Gasteiger partial charge in [-0.3, -0.25) is 0 Å². The highest BCUT2D eigenvalue weighted by molar-refractivity contribution is 5.64. The van der Waals surface area contributed by atoms with Crippen LogP contribution in [0.15, 0.2) is 54.7 Å². The predicted octanol–water partition coefficient (Wildman–Crippen LogP) is 4.54. The molecule has 4 rings (SSSR count). The van der Waals surface area contributed by atoms with Crippen LogP contribution in [0.3, 0.4) is 0 Å². The SMILES string of the molecule is CCN(CC)c1ccc(Nc2nccc(Nc3ccc4c(c3)OCO4)n2)cc1. The fourth-order valence-electron chi connectivity index (χ4n) is 3.08. The Hall–Kier alpha value is -3.48.